The molecule has 3 aromatic rings. The molecule has 0 aliphatic heterocycles. The summed E-state index contributed by atoms with van der Waals surface area (Å²) in [5.41, 5.74) is 1.72. The molecule has 3 rings (SSSR count). The number of amides is 1. The number of hydrogen-bond acceptors (Lipinski definition) is 6. The first kappa shape index (κ1) is 17.3. The van der Waals surface area contributed by atoms with Crippen molar-refractivity contribution in [2.45, 2.75) is 6.92 Å². The van der Waals surface area contributed by atoms with Crippen LogP contribution in [0.2, 0.25) is 0 Å². The van der Waals surface area contributed by atoms with Crippen molar-refractivity contribution in [3.63, 3.8) is 0 Å². The lowest BCUT2D eigenvalue weighted by Gasteiger charge is -2.09. The van der Waals surface area contributed by atoms with Crippen LogP contribution in [0.25, 0.3) is 0 Å². The fourth-order valence-corrected chi connectivity index (χ4v) is 2.35. The van der Waals surface area contributed by atoms with E-state index in [0.717, 1.165) is 5.56 Å². The van der Waals surface area contributed by atoms with Crippen LogP contribution in [0, 0.1) is 6.92 Å². The number of hydrogen-bond donors (Lipinski definition) is 3. The maximum Gasteiger partial charge on any atom is 0.251 e. The lowest BCUT2D eigenvalue weighted by atomic mass is 10.1. The smallest absolute Gasteiger partial charge is 0.251 e. The van der Waals surface area contributed by atoms with E-state index in [-0.39, 0.29) is 5.91 Å². The summed E-state index contributed by atoms with van der Waals surface area (Å²) in [6, 6.07) is 14.9. The molecule has 1 amide bonds. The molecular formula is C19H20N6O. The Hall–Kier alpha value is -3.48. The van der Waals surface area contributed by atoms with E-state index in [1.54, 1.807) is 18.3 Å². The van der Waals surface area contributed by atoms with Crippen LogP contribution in [0.1, 0.15) is 15.9 Å². The van der Waals surface area contributed by atoms with Gasteiger partial charge in [-0.05, 0) is 31.2 Å². The molecule has 132 valence electrons. The van der Waals surface area contributed by atoms with Crippen molar-refractivity contribution in [3.05, 3.63) is 72.2 Å². The van der Waals surface area contributed by atoms with Crippen molar-refractivity contribution < 1.29 is 4.79 Å². The van der Waals surface area contributed by atoms with Crippen LogP contribution in [0.15, 0.2) is 61.1 Å². The van der Waals surface area contributed by atoms with E-state index < -0.39 is 0 Å². The third-order valence-electron chi connectivity index (χ3n) is 3.59. The number of carbonyl (C=O) groups is 1. The molecule has 3 N–H and O–H groups in total. The zero-order chi connectivity index (χ0) is 18.2. The summed E-state index contributed by atoms with van der Waals surface area (Å²) in [4.78, 5) is 24.6. The van der Waals surface area contributed by atoms with Gasteiger partial charge in [-0.3, -0.25) is 4.79 Å². The van der Waals surface area contributed by atoms with Crippen LogP contribution in [0.5, 0.6) is 0 Å². The highest BCUT2D eigenvalue weighted by molar-refractivity contribution is 5.94. The number of aromatic nitrogens is 3. The van der Waals surface area contributed by atoms with Crippen LogP contribution in [0.3, 0.4) is 0 Å². The van der Waals surface area contributed by atoms with Gasteiger partial charge in [0.1, 0.15) is 23.8 Å². The minimum Gasteiger partial charge on any atom is -0.368 e. The monoisotopic (exact) mass is 348 g/mol. The lowest BCUT2D eigenvalue weighted by Crippen LogP contribution is -2.28. The molecule has 0 unspecified atom stereocenters. The number of carbonyl (C=O) groups excluding carboxylic acids is 1. The first-order valence-corrected chi connectivity index (χ1v) is 8.29. The van der Waals surface area contributed by atoms with Gasteiger partial charge in [0.15, 0.2) is 0 Å². The van der Waals surface area contributed by atoms with Gasteiger partial charge in [-0.15, -0.1) is 0 Å². The molecule has 0 bridgehead atoms. The minimum absolute atomic E-state index is 0.0873. The number of aryl methyl sites for hydroxylation is 1. The molecule has 26 heavy (non-hydrogen) atoms. The Morgan fingerprint density at radius 2 is 1.81 bits per heavy atom. The van der Waals surface area contributed by atoms with Gasteiger partial charge in [0.25, 0.3) is 5.91 Å². The van der Waals surface area contributed by atoms with Crippen molar-refractivity contribution in [2.75, 3.05) is 23.7 Å². The van der Waals surface area contributed by atoms with Crippen LogP contribution in [-0.4, -0.2) is 33.9 Å². The van der Waals surface area contributed by atoms with E-state index in [9.17, 15) is 4.79 Å². The number of benzene rings is 1. The van der Waals surface area contributed by atoms with Gasteiger partial charge in [-0.1, -0.05) is 23.8 Å². The van der Waals surface area contributed by atoms with Crippen molar-refractivity contribution >= 4 is 23.4 Å². The molecule has 0 radical (unpaired) electrons. The molecule has 0 aliphatic carbocycles. The van der Waals surface area contributed by atoms with Crippen LogP contribution in [0.4, 0.5) is 17.5 Å². The fourth-order valence-electron chi connectivity index (χ4n) is 2.35. The summed E-state index contributed by atoms with van der Waals surface area (Å²) in [5, 5.41) is 9.15. The summed E-state index contributed by atoms with van der Waals surface area (Å²) in [6.07, 6.45) is 3.18. The summed E-state index contributed by atoms with van der Waals surface area (Å²) >= 11 is 0. The normalized spacial score (nSPS) is 10.2. The van der Waals surface area contributed by atoms with E-state index >= 15 is 0 Å². The van der Waals surface area contributed by atoms with Gasteiger partial charge in [-0.2, -0.15) is 0 Å². The molecule has 0 atom stereocenters. The van der Waals surface area contributed by atoms with Gasteiger partial charge in [0.2, 0.25) is 0 Å². The molecule has 0 aliphatic rings. The van der Waals surface area contributed by atoms with Crippen molar-refractivity contribution in [1.29, 1.82) is 0 Å². The van der Waals surface area contributed by atoms with E-state index in [4.69, 9.17) is 0 Å². The maximum atomic E-state index is 12.1. The SMILES string of the molecule is Cc1cccc(C(=O)NCCNc2cc(Nc3ccccn3)ncn2)c1. The summed E-state index contributed by atoms with van der Waals surface area (Å²) in [7, 11) is 0. The van der Waals surface area contributed by atoms with E-state index in [0.29, 0.717) is 36.1 Å². The topological polar surface area (TPSA) is 91.8 Å². The molecular weight excluding hydrogens is 328 g/mol. The molecule has 2 heterocycles. The number of pyridine rings is 1. The van der Waals surface area contributed by atoms with Crippen molar-refractivity contribution in [3.8, 4) is 0 Å². The largest absolute Gasteiger partial charge is 0.368 e. The zero-order valence-corrected chi connectivity index (χ0v) is 14.4. The predicted molar refractivity (Wildman–Crippen MR) is 102 cm³/mol. The molecule has 7 nitrogen and oxygen atoms in total. The number of nitrogens with one attached hydrogen (secondary N) is 3. The highest BCUT2D eigenvalue weighted by Gasteiger charge is 2.04. The molecule has 7 heteroatoms. The minimum atomic E-state index is -0.0873. The molecule has 0 fully saturated rings. The van der Waals surface area contributed by atoms with E-state index in [1.807, 2.05) is 43.3 Å². The lowest BCUT2D eigenvalue weighted by molar-refractivity contribution is 0.0955. The van der Waals surface area contributed by atoms with E-state index in [2.05, 4.69) is 30.9 Å². The quantitative estimate of drug-likeness (QED) is 0.569. The van der Waals surface area contributed by atoms with Crippen LogP contribution in [-0.2, 0) is 0 Å². The Morgan fingerprint density at radius 3 is 2.62 bits per heavy atom. The van der Waals surface area contributed by atoms with Crippen molar-refractivity contribution in [1.82, 2.24) is 20.3 Å². The number of rotatable bonds is 7. The van der Waals surface area contributed by atoms with Gasteiger partial charge in [-0.25, -0.2) is 15.0 Å². The Kier molecular flexibility index (Phi) is 5.72. The maximum absolute atomic E-state index is 12.1. The molecule has 1 aromatic carbocycles. The molecule has 0 saturated carbocycles. The van der Waals surface area contributed by atoms with Crippen LogP contribution >= 0.6 is 0 Å². The average molecular weight is 348 g/mol. The predicted octanol–water partition coefficient (Wildman–Crippen LogP) is 2.77. The van der Waals surface area contributed by atoms with Gasteiger partial charge >= 0.3 is 0 Å². The Labute approximate surface area is 151 Å². The standard InChI is InChI=1S/C19H20N6O/c1-14-5-4-6-15(11-14)19(26)22-10-9-21-17-12-18(24-13-23-17)25-16-7-2-3-8-20-16/h2-8,11-13H,9-10H2,1H3,(H,22,26)(H2,20,21,23,24,25). The van der Waals surface area contributed by atoms with Gasteiger partial charge in [0.05, 0.1) is 0 Å². The first-order valence-electron chi connectivity index (χ1n) is 8.29. The second-order valence-electron chi connectivity index (χ2n) is 5.68. The molecule has 0 spiro atoms. The summed E-state index contributed by atoms with van der Waals surface area (Å²) in [6.45, 7) is 3.00. The number of nitrogens with zero attached hydrogens (tertiary/aromatic N) is 3. The van der Waals surface area contributed by atoms with E-state index in [1.165, 1.54) is 6.33 Å². The number of anilines is 3. The second kappa shape index (κ2) is 8.57. The summed E-state index contributed by atoms with van der Waals surface area (Å²) < 4.78 is 0. The van der Waals surface area contributed by atoms with Gasteiger partial charge in [0, 0.05) is 30.9 Å². The molecule has 0 saturated heterocycles. The third kappa shape index (κ3) is 5.01. The Balaban J connectivity index is 1.48. The fraction of sp³-hybridized carbons (Fsp3) is 0.158. The third-order valence-corrected chi connectivity index (χ3v) is 3.59. The first-order chi connectivity index (χ1) is 12.7. The average Bonchev–Trinajstić information content (AvgIpc) is 2.66. The highest BCUT2D eigenvalue weighted by atomic mass is 16.1. The van der Waals surface area contributed by atoms with Gasteiger partial charge < -0.3 is 16.0 Å². The summed E-state index contributed by atoms with van der Waals surface area (Å²) in [5.74, 6) is 1.94. The van der Waals surface area contributed by atoms with Crippen molar-refractivity contribution in [2.24, 2.45) is 0 Å². The Bertz CT molecular complexity index is 869. The highest BCUT2D eigenvalue weighted by Crippen LogP contribution is 2.13. The Morgan fingerprint density at radius 1 is 0.923 bits per heavy atom. The molecule has 2 aromatic heterocycles. The van der Waals surface area contributed by atoms with Crippen LogP contribution < -0.4 is 16.0 Å². The second-order valence-corrected chi connectivity index (χ2v) is 5.68. The zero-order valence-electron chi connectivity index (χ0n) is 14.4.